The Kier molecular flexibility index (Phi) is 6.07. The summed E-state index contributed by atoms with van der Waals surface area (Å²) in [5.74, 6) is -0.594. The molecule has 1 saturated carbocycles. The summed E-state index contributed by atoms with van der Waals surface area (Å²) in [5.41, 5.74) is 6.18. The number of thiazole rings is 1. The normalized spacial score (nSPS) is 23.7. The Hall–Kier alpha value is -1.54. The van der Waals surface area contributed by atoms with Crippen LogP contribution in [0.4, 0.5) is 9.52 Å². The molecular weight excluding hydrogens is 377 g/mol. The van der Waals surface area contributed by atoms with Crippen molar-refractivity contribution in [3.8, 4) is 11.3 Å². The van der Waals surface area contributed by atoms with Crippen LogP contribution in [0.5, 0.6) is 0 Å². The second-order valence-electron chi connectivity index (χ2n) is 6.84. The molecule has 1 aliphatic rings. The molecule has 2 unspecified atom stereocenters. The second kappa shape index (κ2) is 7.60. The van der Waals surface area contributed by atoms with E-state index in [2.05, 4.69) is 10.3 Å². The minimum atomic E-state index is -1.00. The number of carbonyl (C=O) groups excluding carboxylic acids is 1. The molecule has 3 rings (SSSR count). The Bertz CT molecular complexity index is 798. The lowest BCUT2D eigenvalue weighted by Crippen LogP contribution is -2.74. The molecule has 1 aromatic heterocycles. The van der Waals surface area contributed by atoms with Gasteiger partial charge in [0.2, 0.25) is 5.91 Å². The largest absolute Gasteiger partial charge is 0.378 e. The molecule has 1 aromatic carbocycles. The monoisotopic (exact) mass is 399 g/mol. The number of hydrogen-bond acceptors (Lipinski definition) is 5. The van der Waals surface area contributed by atoms with E-state index in [0.29, 0.717) is 29.4 Å². The van der Waals surface area contributed by atoms with Crippen molar-refractivity contribution in [2.24, 2.45) is 11.1 Å². The highest BCUT2D eigenvalue weighted by Crippen LogP contribution is 2.50. The Morgan fingerprint density at radius 2 is 2.23 bits per heavy atom. The summed E-state index contributed by atoms with van der Waals surface area (Å²) in [5, 5.41) is 5.03. The van der Waals surface area contributed by atoms with Crippen LogP contribution in [0.3, 0.4) is 0 Å². The highest BCUT2D eigenvalue weighted by Gasteiger charge is 2.63. The Morgan fingerprint density at radius 1 is 1.50 bits per heavy atom. The van der Waals surface area contributed by atoms with E-state index in [4.69, 9.17) is 10.5 Å². The molecule has 2 aromatic rings. The fourth-order valence-corrected chi connectivity index (χ4v) is 3.86. The molecule has 1 fully saturated rings. The van der Waals surface area contributed by atoms with Crippen molar-refractivity contribution in [3.63, 3.8) is 0 Å². The summed E-state index contributed by atoms with van der Waals surface area (Å²) in [7, 11) is 0. The maximum Gasteiger partial charge on any atom is 0.246 e. The number of benzene rings is 1. The van der Waals surface area contributed by atoms with Crippen LogP contribution < -0.4 is 11.1 Å². The number of amides is 1. The SMILES string of the molecule is CCOC1CC(N)(C(=O)Nc2nc(-c3cccc(F)c3)cs2)C1(C)C.Cl. The van der Waals surface area contributed by atoms with E-state index in [1.807, 2.05) is 20.8 Å². The average Bonchev–Trinajstić information content (AvgIpc) is 3.03. The van der Waals surface area contributed by atoms with Gasteiger partial charge in [-0.15, -0.1) is 23.7 Å². The maximum absolute atomic E-state index is 13.3. The Morgan fingerprint density at radius 3 is 2.85 bits per heavy atom. The number of nitrogens with two attached hydrogens (primary N) is 1. The number of carbonyl (C=O) groups is 1. The first-order valence-corrected chi connectivity index (χ1v) is 9.09. The predicted octanol–water partition coefficient (Wildman–Crippen LogP) is 3.84. The molecule has 1 amide bonds. The number of nitrogens with one attached hydrogen (secondary N) is 1. The first kappa shape index (κ1) is 20.8. The molecule has 0 aliphatic heterocycles. The molecule has 26 heavy (non-hydrogen) atoms. The van der Waals surface area contributed by atoms with Crippen molar-refractivity contribution in [2.75, 3.05) is 11.9 Å². The van der Waals surface area contributed by atoms with Crippen molar-refractivity contribution in [2.45, 2.75) is 38.8 Å². The van der Waals surface area contributed by atoms with Gasteiger partial charge >= 0.3 is 0 Å². The summed E-state index contributed by atoms with van der Waals surface area (Å²) in [6.45, 7) is 6.40. The van der Waals surface area contributed by atoms with Gasteiger partial charge in [-0.3, -0.25) is 4.79 Å². The van der Waals surface area contributed by atoms with E-state index in [-0.39, 0.29) is 30.2 Å². The zero-order valence-corrected chi connectivity index (χ0v) is 16.5. The van der Waals surface area contributed by atoms with Crippen LogP contribution in [-0.4, -0.2) is 29.1 Å². The van der Waals surface area contributed by atoms with Crippen molar-refractivity contribution in [1.82, 2.24) is 4.98 Å². The van der Waals surface area contributed by atoms with Crippen molar-refractivity contribution >= 4 is 34.8 Å². The third kappa shape index (κ3) is 3.49. The van der Waals surface area contributed by atoms with Crippen molar-refractivity contribution in [1.29, 1.82) is 0 Å². The fourth-order valence-electron chi connectivity index (χ4n) is 3.14. The lowest BCUT2D eigenvalue weighted by molar-refractivity contribution is -0.166. The van der Waals surface area contributed by atoms with E-state index in [1.165, 1.54) is 23.5 Å². The molecule has 2 atom stereocenters. The van der Waals surface area contributed by atoms with Gasteiger partial charge in [-0.05, 0) is 19.1 Å². The highest BCUT2D eigenvalue weighted by atomic mass is 35.5. The van der Waals surface area contributed by atoms with Crippen LogP contribution in [0.25, 0.3) is 11.3 Å². The van der Waals surface area contributed by atoms with Gasteiger partial charge in [0.25, 0.3) is 0 Å². The van der Waals surface area contributed by atoms with Crippen LogP contribution >= 0.6 is 23.7 Å². The maximum atomic E-state index is 13.3. The fraction of sp³-hybridized carbons (Fsp3) is 0.444. The van der Waals surface area contributed by atoms with Crippen LogP contribution in [0.2, 0.25) is 0 Å². The van der Waals surface area contributed by atoms with E-state index >= 15 is 0 Å². The zero-order chi connectivity index (χ0) is 18.2. The minimum absolute atomic E-state index is 0. The van der Waals surface area contributed by atoms with Crippen LogP contribution in [-0.2, 0) is 9.53 Å². The van der Waals surface area contributed by atoms with E-state index in [0.717, 1.165) is 0 Å². The third-order valence-corrected chi connectivity index (χ3v) is 5.84. The van der Waals surface area contributed by atoms with Crippen LogP contribution in [0.1, 0.15) is 27.2 Å². The molecule has 142 valence electrons. The number of rotatable bonds is 5. The molecule has 1 aliphatic carbocycles. The molecule has 0 radical (unpaired) electrons. The topological polar surface area (TPSA) is 77.2 Å². The van der Waals surface area contributed by atoms with Crippen molar-refractivity contribution < 1.29 is 13.9 Å². The number of hydrogen-bond donors (Lipinski definition) is 2. The van der Waals surface area contributed by atoms with Gasteiger partial charge in [0, 0.05) is 29.4 Å². The Balaban J connectivity index is 0.00000243. The summed E-state index contributed by atoms with van der Waals surface area (Å²) in [4.78, 5) is 17.1. The number of anilines is 1. The molecule has 1 heterocycles. The van der Waals surface area contributed by atoms with Gasteiger partial charge in [0.05, 0.1) is 11.8 Å². The Labute approximate surface area is 162 Å². The van der Waals surface area contributed by atoms with Gasteiger partial charge in [-0.1, -0.05) is 26.0 Å². The van der Waals surface area contributed by atoms with Crippen LogP contribution in [0.15, 0.2) is 29.6 Å². The third-order valence-electron chi connectivity index (χ3n) is 5.08. The van der Waals surface area contributed by atoms with Gasteiger partial charge in [0.1, 0.15) is 11.4 Å². The minimum Gasteiger partial charge on any atom is -0.378 e. The van der Waals surface area contributed by atoms with E-state index < -0.39 is 11.0 Å². The standard InChI is InChI=1S/C18H22FN3O2S.ClH/c1-4-24-14-9-18(20,17(14,2)3)15(23)22-16-21-13(10-25-16)11-6-5-7-12(19)8-11;/h5-8,10,14H,4,9,20H2,1-3H3,(H,21,22,23);1H. The number of nitrogens with zero attached hydrogens (tertiary/aromatic N) is 1. The highest BCUT2D eigenvalue weighted by molar-refractivity contribution is 7.14. The second-order valence-corrected chi connectivity index (χ2v) is 7.70. The molecule has 3 N–H and O–H groups in total. The first-order valence-electron chi connectivity index (χ1n) is 8.21. The molecule has 0 saturated heterocycles. The van der Waals surface area contributed by atoms with Gasteiger partial charge in [-0.2, -0.15) is 0 Å². The number of ether oxygens (including phenoxy) is 1. The quantitative estimate of drug-likeness (QED) is 0.800. The first-order chi connectivity index (χ1) is 11.8. The smallest absolute Gasteiger partial charge is 0.246 e. The zero-order valence-electron chi connectivity index (χ0n) is 14.9. The molecule has 0 bridgehead atoms. The van der Waals surface area contributed by atoms with Gasteiger partial charge in [-0.25, -0.2) is 9.37 Å². The van der Waals surface area contributed by atoms with Gasteiger partial charge < -0.3 is 15.8 Å². The molecular formula is C18H23ClFN3O2S. The summed E-state index contributed by atoms with van der Waals surface area (Å²) >= 11 is 1.29. The predicted molar refractivity (Wildman–Crippen MR) is 104 cm³/mol. The summed E-state index contributed by atoms with van der Waals surface area (Å²) in [6.07, 6.45) is 0.439. The molecule has 0 spiro atoms. The van der Waals surface area contributed by atoms with Crippen molar-refractivity contribution in [3.05, 3.63) is 35.5 Å². The van der Waals surface area contributed by atoms with E-state index in [9.17, 15) is 9.18 Å². The van der Waals surface area contributed by atoms with Crippen LogP contribution in [0, 0.1) is 11.2 Å². The summed E-state index contributed by atoms with van der Waals surface area (Å²) < 4.78 is 19.0. The number of halogens is 2. The lowest BCUT2D eigenvalue weighted by atomic mass is 9.54. The molecule has 5 nitrogen and oxygen atoms in total. The van der Waals surface area contributed by atoms with Gasteiger partial charge in [0.15, 0.2) is 5.13 Å². The average molecular weight is 400 g/mol. The summed E-state index contributed by atoms with van der Waals surface area (Å²) in [6, 6.07) is 6.19. The molecule has 8 heteroatoms. The lowest BCUT2D eigenvalue weighted by Gasteiger charge is -2.57. The number of aromatic nitrogens is 1. The van der Waals surface area contributed by atoms with E-state index in [1.54, 1.807) is 17.5 Å².